The molecule has 0 saturated carbocycles. The van der Waals surface area contributed by atoms with Crippen LogP contribution in [0.4, 0.5) is 0 Å². The normalized spacial score (nSPS) is 13.8. The van der Waals surface area contributed by atoms with Crippen molar-refractivity contribution < 1.29 is 80.2 Å². The molecule has 0 spiro atoms. The maximum Gasteiger partial charge on any atom is 0.472 e. The number of ether oxygens (including phenoxy) is 4. The Morgan fingerprint density at radius 1 is 0.235 bits per heavy atom. The molecule has 0 radical (unpaired) electrons. The first-order valence-corrected chi connectivity index (χ1v) is 46.3. The van der Waals surface area contributed by atoms with Gasteiger partial charge >= 0.3 is 39.5 Å². The van der Waals surface area contributed by atoms with Crippen LogP contribution in [-0.4, -0.2) is 96.7 Å². The van der Waals surface area contributed by atoms with E-state index in [4.69, 9.17) is 37.0 Å². The quantitative estimate of drug-likeness (QED) is 0.0222. The van der Waals surface area contributed by atoms with Gasteiger partial charge in [-0.05, 0) is 25.7 Å². The van der Waals surface area contributed by atoms with Crippen molar-refractivity contribution in [1.82, 2.24) is 0 Å². The van der Waals surface area contributed by atoms with E-state index in [-0.39, 0.29) is 25.7 Å². The summed E-state index contributed by atoms with van der Waals surface area (Å²) in [5.41, 5.74) is 0. The molecule has 0 rings (SSSR count). The third-order valence-corrected chi connectivity index (χ3v) is 21.5. The molecule has 0 aromatic heterocycles. The number of phosphoric acid groups is 2. The Kier molecular flexibility index (Phi) is 75.8. The number of phosphoric ester groups is 2. The van der Waals surface area contributed by atoms with Gasteiger partial charge in [0, 0.05) is 25.7 Å². The minimum absolute atomic E-state index is 0.109. The van der Waals surface area contributed by atoms with Crippen molar-refractivity contribution in [3.63, 3.8) is 0 Å². The predicted octanol–water partition coefficient (Wildman–Crippen LogP) is 25.4. The van der Waals surface area contributed by atoms with Gasteiger partial charge in [0.05, 0.1) is 26.4 Å². The predicted molar refractivity (Wildman–Crippen MR) is 419 cm³/mol. The summed E-state index contributed by atoms with van der Waals surface area (Å²) in [6, 6.07) is 0. The summed E-state index contributed by atoms with van der Waals surface area (Å²) in [4.78, 5) is 73.1. The van der Waals surface area contributed by atoms with Crippen LogP contribution < -0.4 is 0 Å². The second kappa shape index (κ2) is 77.2. The zero-order valence-corrected chi connectivity index (χ0v) is 68.4. The average molecular weight is 1490 g/mol. The lowest BCUT2D eigenvalue weighted by molar-refractivity contribution is -0.161. The number of carbonyl (C=O) groups excluding carboxylic acids is 4. The van der Waals surface area contributed by atoms with Crippen LogP contribution in [0.2, 0.25) is 0 Å². The van der Waals surface area contributed by atoms with Gasteiger partial charge in [-0.25, -0.2) is 9.13 Å². The fourth-order valence-electron chi connectivity index (χ4n) is 13.0. The van der Waals surface area contributed by atoms with E-state index < -0.39 is 97.5 Å². The minimum Gasteiger partial charge on any atom is -0.462 e. The van der Waals surface area contributed by atoms with Gasteiger partial charge in [-0.15, -0.1) is 0 Å². The molecule has 0 aromatic rings. The molecule has 19 heteroatoms. The van der Waals surface area contributed by atoms with Gasteiger partial charge in [0.1, 0.15) is 19.3 Å². The van der Waals surface area contributed by atoms with Crippen LogP contribution in [0.25, 0.3) is 0 Å². The lowest BCUT2D eigenvalue weighted by Gasteiger charge is -2.21. The highest BCUT2D eigenvalue weighted by Gasteiger charge is 2.30. The number of aliphatic hydroxyl groups excluding tert-OH is 1. The third-order valence-electron chi connectivity index (χ3n) is 19.6. The molecule has 102 heavy (non-hydrogen) atoms. The van der Waals surface area contributed by atoms with Crippen molar-refractivity contribution in [2.75, 3.05) is 39.6 Å². The first-order chi connectivity index (χ1) is 49.7. The van der Waals surface area contributed by atoms with Crippen LogP contribution in [-0.2, 0) is 65.4 Å². The van der Waals surface area contributed by atoms with Crippen molar-refractivity contribution in [2.45, 2.75) is 470 Å². The van der Waals surface area contributed by atoms with Crippen LogP contribution in [0.15, 0.2) is 0 Å². The molecule has 0 aliphatic carbocycles. The first-order valence-electron chi connectivity index (χ1n) is 43.3. The topological polar surface area (TPSA) is 237 Å². The first kappa shape index (κ1) is 100. The third kappa shape index (κ3) is 76.3. The number of esters is 4. The molecule has 0 aromatic carbocycles. The standard InChI is InChI=1S/C83H162O17P2/c1-5-9-13-17-21-25-28-31-34-37-39-41-44-47-50-54-58-62-66-70-83(88)100-79(74-94-81(86)68-64-60-56-52-48-45-43-40-38-35-32-29-26-22-18-14-10-6-2)76-98-102(91,92)96-72-77(84)71-95-101(89,90)97-75-78(73-93-80(85)67-63-59-55-51-24-20-16-12-8-4)99-82(87)69-65-61-57-53-49-46-42-36-33-30-27-23-19-15-11-7-3/h77-79,84H,5-76H2,1-4H3,(H,89,90)(H,91,92)/t77-,78+,79+/m0/s1. The zero-order chi connectivity index (χ0) is 74.6. The van der Waals surface area contributed by atoms with E-state index in [2.05, 4.69) is 27.7 Å². The molecule has 17 nitrogen and oxygen atoms in total. The van der Waals surface area contributed by atoms with E-state index in [1.807, 2.05) is 0 Å². The fourth-order valence-corrected chi connectivity index (χ4v) is 14.6. The Labute approximate surface area is 626 Å². The van der Waals surface area contributed by atoms with Crippen LogP contribution in [0.1, 0.15) is 451 Å². The van der Waals surface area contributed by atoms with E-state index in [0.717, 1.165) is 89.9 Å². The summed E-state index contributed by atoms with van der Waals surface area (Å²) in [6.07, 6.45) is 70.8. The average Bonchev–Trinajstić information content (AvgIpc) is 0.937. The molecule has 0 amide bonds. The molecule has 606 valence electrons. The number of aliphatic hydroxyl groups is 1. The molecule has 0 aliphatic rings. The van der Waals surface area contributed by atoms with E-state index in [1.54, 1.807) is 0 Å². The van der Waals surface area contributed by atoms with Crippen LogP contribution in [0, 0.1) is 0 Å². The molecule has 2 unspecified atom stereocenters. The molecule has 0 aliphatic heterocycles. The van der Waals surface area contributed by atoms with Gasteiger partial charge in [-0.1, -0.05) is 400 Å². The Balaban J connectivity index is 5.21. The van der Waals surface area contributed by atoms with E-state index >= 15 is 0 Å². The van der Waals surface area contributed by atoms with Gasteiger partial charge in [0.2, 0.25) is 0 Å². The Morgan fingerprint density at radius 3 is 0.578 bits per heavy atom. The molecule has 0 saturated heterocycles. The SMILES string of the molecule is CCCCCCCCCCCCCCCCCCCCCC(=O)O[C@H](COC(=O)CCCCCCCCCCCCCCCCCCCC)COP(=O)(O)OC[C@@H](O)COP(=O)(O)OC[C@@H](COC(=O)CCCCCCCCCCC)OC(=O)CCCCCCCCCCCCCCCCCC. The molecule has 3 N–H and O–H groups in total. The van der Waals surface area contributed by atoms with Crippen molar-refractivity contribution in [3.05, 3.63) is 0 Å². The van der Waals surface area contributed by atoms with Crippen molar-refractivity contribution in [3.8, 4) is 0 Å². The Hall–Kier alpha value is -1.94. The van der Waals surface area contributed by atoms with Crippen molar-refractivity contribution >= 4 is 39.5 Å². The molecular weight excluding hydrogens is 1330 g/mol. The van der Waals surface area contributed by atoms with Crippen molar-refractivity contribution in [1.29, 1.82) is 0 Å². The summed E-state index contributed by atoms with van der Waals surface area (Å²) in [6.45, 7) is 5.03. The summed E-state index contributed by atoms with van der Waals surface area (Å²) in [5, 5.41) is 10.7. The molecule has 5 atom stereocenters. The Bertz CT molecular complexity index is 1930. The highest BCUT2D eigenvalue weighted by molar-refractivity contribution is 7.47. The number of rotatable bonds is 84. The second-order valence-corrected chi connectivity index (χ2v) is 32.8. The maximum absolute atomic E-state index is 13.1. The maximum atomic E-state index is 13.1. The van der Waals surface area contributed by atoms with E-state index in [1.165, 1.54) is 283 Å². The Morgan fingerprint density at radius 2 is 0.392 bits per heavy atom. The largest absolute Gasteiger partial charge is 0.472 e. The summed E-state index contributed by atoms with van der Waals surface area (Å²) < 4.78 is 68.8. The van der Waals surface area contributed by atoms with Crippen LogP contribution >= 0.6 is 15.6 Å². The number of hydrogen-bond acceptors (Lipinski definition) is 15. The minimum atomic E-state index is -4.96. The van der Waals surface area contributed by atoms with Gasteiger partial charge in [-0.2, -0.15) is 0 Å². The molecular formula is C83H162O17P2. The highest BCUT2D eigenvalue weighted by Crippen LogP contribution is 2.45. The summed E-state index contributed by atoms with van der Waals surface area (Å²) >= 11 is 0. The number of unbranched alkanes of at least 4 members (excludes halogenated alkanes) is 58. The van der Waals surface area contributed by atoms with Gasteiger partial charge in [0.15, 0.2) is 12.2 Å². The lowest BCUT2D eigenvalue weighted by Crippen LogP contribution is -2.30. The van der Waals surface area contributed by atoms with Gasteiger partial charge < -0.3 is 33.8 Å². The van der Waals surface area contributed by atoms with Gasteiger partial charge in [-0.3, -0.25) is 37.3 Å². The molecule has 0 bridgehead atoms. The fraction of sp³-hybridized carbons (Fsp3) is 0.952. The van der Waals surface area contributed by atoms with Crippen molar-refractivity contribution in [2.24, 2.45) is 0 Å². The smallest absolute Gasteiger partial charge is 0.462 e. The number of carbonyl (C=O) groups is 4. The lowest BCUT2D eigenvalue weighted by atomic mass is 10.0. The van der Waals surface area contributed by atoms with Gasteiger partial charge in [0.25, 0.3) is 0 Å². The molecule has 0 heterocycles. The van der Waals surface area contributed by atoms with Crippen LogP contribution in [0.5, 0.6) is 0 Å². The molecule has 0 fully saturated rings. The van der Waals surface area contributed by atoms with E-state index in [9.17, 15) is 43.2 Å². The highest BCUT2D eigenvalue weighted by atomic mass is 31.2. The van der Waals surface area contributed by atoms with Crippen LogP contribution in [0.3, 0.4) is 0 Å². The monoisotopic (exact) mass is 1490 g/mol. The zero-order valence-electron chi connectivity index (χ0n) is 66.6. The summed E-state index contributed by atoms with van der Waals surface area (Å²) in [5.74, 6) is -2.10. The second-order valence-electron chi connectivity index (χ2n) is 29.9. The number of hydrogen-bond donors (Lipinski definition) is 3. The summed E-state index contributed by atoms with van der Waals surface area (Å²) in [7, 11) is -9.92. The van der Waals surface area contributed by atoms with E-state index in [0.29, 0.717) is 25.7 Å².